The molecule has 0 saturated carbocycles. The number of thiophene rings is 1. The minimum absolute atomic E-state index is 0.0814. The first-order chi connectivity index (χ1) is 12.0. The molecular weight excluding hydrogens is 338 g/mol. The van der Waals surface area contributed by atoms with Crippen LogP contribution in [-0.4, -0.2) is 57.3 Å². The molecule has 3 aromatic rings. The Hall–Kier alpha value is -2.35. The van der Waals surface area contributed by atoms with E-state index in [-0.39, 0.29) is 19.1 Å². The average Bonchev–Trinajstić information content (AvgIpc) is 3.08. The summed E-state index contributed by atoms with van der Waals surface area (Å²) < 4.78 is 1.02. The second kappa shape index (κ2) is 7.26. The van der Waals surface area contributed by atoms with Gasteiger partial charge in [-0.15, -0.1) is 11.3 Å². The molecule has 1 unspecified atom stereocenters. The summed E-state index contributed by atoms with van der Waals surface area (Å²) in [5, 5.41) is 20.3. The zero-order valence-corrected chi connectivity index (χ0v) is 14.8. The molecule has 0 spiro atoms. The van der Waals surface area contributed by atoms with Crippen molar-refractivity contribution in [1.29, 1.82) is 0 Å². The number of aromatic nitrogens is 2. The van der Waals surface area contributed by atoms with E-state index in [1.54, 1.807) is 30.5 Å². The lowest BCUT2D eigenvalue weighted by atomic mass is 10.1. The molecule has 130 valence electrons. The van der Waals surface area contributed by atoms with Gasteiger partial charge in [-0.2, -0.15) is 0 Å². The van der Waals surface area contributed by atoms with Gasteiger partial charge in [-0.25, -0.2) is 9.97 Å². The number of hydrogen-bond donors (Lipinski definition) is 2. The highest BCUT2D eigenvalue weighted by atomic mass is 32.1. The largest absolute Gasteiger partial charge is 0.394 e. The molecule has 2 heterocycles. The number of benzene rings is 1. The van der Waals surface area contributed by atoms with Gasteiger partial charge in [-0.3, -0.25) is 4.79 Å². The van der Waals surface area contributed by atoms with Gasteiger partial charge in [0.2, 0.25) is 0 Å². The number of aryl methyl sites for hydroxylation is 1. The van der Waals surface area contributed by atoms with Gasteiger partial charge < -0.3 is 15.1 Å². The van der Waals surface area contributed by atoms with Crippen LogP contribution in [0.3, 0.4) is 0 Å². The van der Waals surface area contributed by atoms with Crippen molar-refractivity contribution in [3.8, 4) is 11.3 Å². The lowest BCUT2D eigenvalue weighted by Crippen LogP contribution is -2.35. The molecule has 25 heavy (non-hydrogen) atoms. The topological polar surface area (TPSA) is 86.6 Å². The van der Waals surface area contributed by atoms with Gasteiger partial charge in [0.25, 0.3) is 5.91 Å². The number of nitrogens with zero attached hydrogens (tertiary/aromatic N) is 3. The fourth-order valence-electron chi connectivity index (χ4n) is 2.62. The summed E-state index contributed by atoms with van der Waals surface area (Å²) >= 11 is 1.59. The Bertz CT molecular complexity index is 892. The Kier molecular flexibility index (Phi) is 5.08. The van der Waals surface area contributed by atoms with Crippen molar-refractivity contribution in [3.63, 3.8) is 0 Å². The van der Waals surface area contributed by atoms with Crippen molar-refractivity contribution in [2.24, 2.45) is 0 Å². The zero-order valence-electron chi connectivity index (χ0n) is 14.0. The van der Waals surface area contributed by atoms with E-state index in [1.165, 1.54) is 4.90 Å². The highest BCUT2D eigenvalue weighted by Gasteiger charge is 2.16. The van der Waals surface area contributed by atoms with Crippen LogP contribution in [0.4, 0.5) is 0 Å². The molecule has 2 aromatic heterocycles. The van der Waals surface area contributed by atoms with E-state index in [2.05, 4.69) is 9.97 Å². The Balaban J connectivity index is 1.87. The molecule has 1 amide bonds. The van der Waals surface area contributed by atoms with Gasteiger partial charge >= 0.3 is 0 Å². The van der Waals surface area contributed by atoms with Gasteiger partial charge in [-0.1, -0.05) is 12.1 Å². The van der Waals surface area contributed by atoms with Crippen LogP contribution < -0.4 is 0 Å². The SMILES string of the molecule is Cc1nc(-c2ccc(C(=O)N(C)CC(O)CO)cc2)c2sccc2n1. The van der Waals surface area contributed by atoms with Gasteiger partial charge in [0.1, 0.15) is 5.82 Å². The predicted octanol–water partition coefficient (Wildman–Crippen LogP) is 2.09. The van der Waals surface area contributed by atoms with Crippen LogP contribution >= 0.6 is 11.3 Å². The molecule has 3 rings (SSSR count). The number of hydrogen-bond acceptors (Lipinski definition) is 6. The van der Waals surface area contributed by atoms with Crippen LogP contribution in [-0.2, 0) is 0 Å². The van der Waals surface area contributed by atoms with Crippen LogP contribution in [0.2, 0.25) is 0 Å². The molecule has 2 N–H and O–H groups in total. The number of carbonyl (C=O) groups excluding carboxylic acids is 1. The van der Waals surface area contributed by atoms with Crippen molar-refractivity contribution in [1.82, 2.24) is 14.9 Å². The molecule has 0 fully saturated rings. The Labute approximate surface area is 149 Å². The highest BCUT2D eigenvalue weighted by molar-refractivity contribution is 7.17. The molecule has 0 aliphatic heterocycles. The van der Waals surface area contributed by atoms with Crippen LogP contribution in [0, 0.1) is 6.92 Å². The van der Waals surface area contributed by atoms with Crippen LogP contribution in [0.25, 0.3) is 21.5 Å². The highest BCUT2D eigenvalue weighted by Crippen LogP contribution is 2.30. The van der Waals surface area contributed by atoms with E-state index in [0.29, 0.717) is 11.4 Å². The lowest BCUT2D eigenvalue weighted by Gasteiger charge is -2.19. The zero-order chi connectivity index (χ0) is 18.0. The first-order valence-corrected chi connectivity index (χ1v) is 8.74. The third kappa shape index (κ3) is 3.68. The number of fused-ring (bicyclic) bond motifs is 1. The predicted molar refractivity (Wildman–Crippen MR) is 97.6 cm³/mol. The van der Waals surface area contributed by atoms with Crippen molar-refractivity contribution in [3.05, 3.63) is 47.1 Å². The summed E-state index contributed by atoms with van der Waals surface area (Å²) in [7, 11) is 1.60. The maximum absolute atomic E-state index is 12.4. The van der Waals surface area contributed by atoms with Gasteiger partial charge in [-0.05, 0) is 30.5 Å². The molecule has 6 nitrogen and oxygen atoms in total. The van der Waals surface area contributed by atoms with Gasteiger partial charge in [0.05, 0.1) is 28.6 Å². The Morgan fingerprint density at radius 3 is 2.64 bits per heavy atom. The first kappa shape index (κ1) is 17.5. The summed E-state index contributed by atoms with van der Waals surface area (Å²) in [6, 6.07) is 9.19. The second-order valence-electron chi connectivity index (χ2n) is 5.85. The monoisotopic (exact) mass is 357 g/mol. The maximum atomic E-state index is 12.4. The lowest BCUT2D eigenvalue weighted by molar-refractivity contribution is 0.0520. The van der Waals surface area contributed by atoms with Crippen molar-refractivity contribution >= 4 is 27.5 Å². The second-order valence-corrected chi connectivity index (χ2v) is 6.77. The average molecular weight is 357 g/mol. The minimum Gasteiger partial charge on any atom is -0.394 e. The van der Waals surface area contributed by atoms with Crippen molar-refractivity contribution < 1.29 is 15.0 Å². The van der Waals surface area contributed by atoms with E-state index in [9.17, 15) is 9.90 Å². The molecule has 0 radical (unpaired) electrons. The quantitative estimate of drug-likeness (QED) is 0.730. The third-order valence-corrected chi connectivity index (χ3v) is 4.77. The van der Waals surface area contributed by atoms with E-state index < -0.39 is 6.10 Å². The molecule has 0 saturated heterocycles. The number of likely N-dealkylation sites (N-methyl/N-ethyl adjacent to an activating group) is 1. The number of aliphatic hydroxyl groups excluding tert-OH is 2. The smallest absolute Gasteiger partial charge is 0.253 e. The van der Waals surface area contributed by atoms with Crippen molar-refractivity contribution in [2.75, 3.05) is 20.2 Å². The van der Waals surface area contributed by atoms with Crippen LogP contribution in [0.15, 0.2) is 35.7 Å². The summed E-state index contributed by atoms with van der Waals surface area (Å²) in [6.45, 7) is 1.57. The molecule has 0 aliphatic rings. The summed E-state index contributed by atoms with van der Waals surface area (Å²) in [5.41, 5.74) is 3.23. The molecule has 0 aliphatic carbocycles. The molecular formula is C18H19N3O3S. The molecule has 7 heteroatoms. The number of rotatable bonds is 5. The standard InChI is InChI=1S/C18H19N3O3S/c1-11-19-15-7-8-25-17(15)16(20-11)12-3-5-13(6-4-12)18(24)21(2)9-14(23)10-22/h3-8,14,22-23H,9-10H2,1-2H3. The van der Waals surface area contributed by atoms with E-state index in [0.717, 1.165) is 21.5 Å². The third-order valence-electron chi connectivity index (χ3n) is 3.86. The Morgan fingerprint density at radius 1 is 1.24 bits per heavy atom. The fraction of sp³-hybridized carbons (Fsp3) is 0.278. The van der Waals surface area contributed by atoms with Gasteiger partial charge in [0, 0.05) is 24.7 Å². The maximum Gasteiger partial charge on any atom is 0.253 e. The summed E-state index contributed by atoms with van der Waals surface area (Å²) in [5.74, 6) is 0.498. The van der Waals surface area contributed by atoms with E-state index in [4.69, 9.17) is 5.11 Å². The number of amides is 1. The summed E-state index contributed by atoms with van der Waals surface area (Å²) in [6.07, 6.45) is -0.940. The van der Waals surface area contributed by atoms with Crippen LogP contribution in [0.5, 0.6) is 0 Å². The normalized spacial score (nSPS) is 12.3. The summed E-state index contributed by atoms with van der Waals surface area (Å²) in [4.78, 5) is 22.7. The van der Waals surface area contributed by atoms with Crippen molar-refractivity contribution in [2.45, 2.75) is 13.0 Å². The van der Waals surface area contributed by atoms with E-state index >= 15 is 0 Å². The van der Waals surface area contributed by atoms with Gasteiger partial charge in [0.15, 0.2) is 0 Å². The Morgan fingerprint density at radius 2 is 1.96 bits per heavy atom. The molecule has 1 aromatic carbocycles. The minimum atomic E-state index is -0.940. The van der Waals surface area contributed by atoms with E-state index in [1.807, 2.05) is 30.5 Å². The number of aliphatic hydroxyl groups is 2. The molecule has 1 atom stereocenters. The first-order valence-electron chi connectivity index (χ1n) is 7.86. The van der Waals surface area contributed by atoms with Crippen LogP contribution in [0.1, 0.15) is 16.2 Å². The molecule has 0 bridgehead atoms. The number of carbonyl (C=O) groups is 1. The fourth-order valence-corrected chi connectivity index (χ4v) is 3.47.